The van der Waals surface area contributed by atoms with Gasteiger partial charge in [0.25, 0.3) is 11.5 Å². The Morgan fingerprint density at radius 2 is 1.92 bits per heavy atom. The molecule has 24 heavy (non-hydrogen) atoms. The van der Waals surface area contributed by atoms with Crippen molar-refractivity contribution in [2.75, 3.05) is 0 Å². The summed E-state index contributed by atoms with van der Waals surface area (Å²) in [7, 11) is 1.55. The molecule has 1 N–H and O–H groups in total. The molecule has 1 fully saturated rings. The largest absolute Gasteiger partial charge is 0.348 e. The Labute approximate surface area is 141 Å². The van der Waals surface area contributed by atoms with E-state index in [2.05, 4.69) is 34.7 Å². The van der Waals surface area contributed by atoms with E-state index >= 15 is 0 Å². The van der Waals surface area contributed by atoms with E-state index in [9.17, 15) is 9.59 Å². The quantitative estimate of drug-likeness (QED) is 0.938. The van der Waals surface area contributed by atoms with Crippen molar-refractivity contribution >= 4 is 5.91 Å². The normalized spacial score (nSPS) is 20.5. The van der Waals surface area contributed by atoms with Crippen LogP contribution in [0.3, 0.4) is 0 Å². The first-order chi connectivity index (χ1) is 11.6. The molecule has 1 aliphatic rings. The highest BCUT2D eigenvalue weighted by atomic mass is 16.2. The van der Waals surface area contributed by atoms with E-state index in [1.807, 2.05) is 6.07 Å². The number of hydrogen-bond acceptors (Lipinski definition) is 3. The third-order valence-electron chi connectivity index (χ3n) is 4.76. The summed E-state index contributed by atoms with van der Waals surface area (Å²) in [4.78, 5) is 23.9. The van der Waals surface area contributed by atoms with E-state index in [-0.39, 0.29) is 17.5 Å². The minimum atomic E-state index is -0.217. The van der Waals surface area contributed by atoms with Crippen LogP contribution >= 0.6 is 0 Å². The lowest BCUT2D eigenvalue weighted by molar-refractivity contribution is 0.0898. The number of rotatable bonds is 4. The fraction of sp³-hybridized carbons (Fsp3) is 0.421. The molecule has 1 saturated carbocycles. The number of nitrogens with one attached hydrogen (secondary N) is 1. The van der Waals surface area contributed by atoms with Crippen molar-refractivity contribution in [2.45, 2.75) is 38.1 Å². The van der Waals surface area contributed by atoms with Gasteiger partial charge in [0.1, 0.15) is 5.69 Å². The molecule has 2 aromatic rings. The van der Waals surface area contributed by atoms with Gasteiger partial charge in [-0.2, -0.15) is 5.10 Å². The van der Waals surface area contributed by atoms with Gasteiger partial charge < -0.3 is 5.32 Å². The highest BCUT2D eigenvalue weighted by molar-refractivity contribution is 5.92. The SMILES string of the molecule is Cn1nc(C(=O)NC2CCCCC2Cc2ccccc2)ccc1=O. The molecular weight excluding hydrogens is 302 g/mol. The van der Waals surface area contributed by atoms with Crippen LogP contribution in [0, 0.1) is 5.92 Å². The minimum Gasteiger partial charge on any atom is -0.348 e. The van der Waals surface area contributed by atoms with Crippen molar-refractivity contribution in [1.29, 1.82) is 0 Å². The topological polar surface area (TPSA) is 64.0 Å². The molecule has 2 unspecified atom stereocenters. The average Bonchev–Trinajstić information content (AvgIpc) is 2.60. The number of benzene rings is 1. The van der Waals surface area contributed by atoms with Crippen LogP contribution in [0.1, 0.15) is 41.7 Å². The molecule has 1 aromatic carbocycles. The zero-order chi connectivity index (χ0) is 16.9. The van der Waals surface area contributed by atoms with Gasteiger partial charge in [-0.25, -0.2) is 4.68 Å². The molecule has 1 heterocycles. The Bertz CT molecular complexity index is 755. The highest BCUT2D eigenvalue weighted by Gasteiger charge is 2.27. The van der Waals surface area contributed by atoms with Gasteiger partial charge in [0, 0.05) is 19.2 Å². The molecule has 5 heteroatoms. The second-order valence-electron chi connectivity index (χ2n) is 6.49. The second kappa shape index (κ2) is 7.43. The van der Waals surface area contributed by atoms with Crippen LogP contribution in [0.5, 0.6) is 0 Å². The lowest BCUT2D eigenvalue weighted by Gasteiger charge is -2.32. The average molecular weight is 325 g/mol. The van der Waals surface area contributed by atoms with Crippen LogP contribution in [0.25, 0.3) is 0 Å². The Kier molecular flexibility index (Phi) is 5.08. The van der Waals surface area contributed by atoms with Gasteiger partial charge in [0.15, 0.2) is 0 Å². The number of carbonyl (C=O) groups is 1. The summed E-state index contributed by atoms with van der Waals surface area (Å²) in [5, 5.41) is 7.17. The van der Waals surface area contributed by atoms with Crippen LogP contribution in [-0.4, -0.2) is 21.7 Å². The maximum absolute atomic E-state index is 12.5. The van der Waals surface area contributed by atoms with Gasteiger partial charge in [0.05, 0.1) is 0 Å². The molecule has 1 aromatic heterocycles. The van der Waals surface area contributed by atoms with Crippen molar-refractivity contribution in [1.82, 2.24) is 15.1 Å². The molecule has 0 spiro atoms. The molecule has 1 aliphatic carbocycles. The molecule has 126 valence electrons. The van der Waals surface area contributed by atoms with Crippen molar-refractivity contribution in [3.8, 4) is 0 Å². The third kappa shape index (κ3) is 3.91. The van der Waals surface area contributed by atoms with Crippen LogP contribution < -0.4 is 10.9 Å². The monoisotopic (exact) mass is 325 g/mol. The maximum Gasteiger partial charge on any atom is 0.271 e. The van der Waals surface area contributed by atoms with E-state index in [1.165, 1.54) is 28.8 Å². The number of amides is 1. The third-order valence-corrected chi connectivity index (χ3v) is 4.76. The van der Waals surface area contributed by atoms with E-state index in [0.717, 1.165) is 25.7 Å². The molecule has 3 rings (SSSR count). The molecule has 0 bridgehead atoms. The molecule has 1 amide bonds. The molecule has 0 aliphatic heterocycles. The van der Waals surface area contributed by atoms with E-state index in [0.29, 0.717) is 11.6 Å². The Morgan fingerprint density at radius 1 is 1.17 bits per heavy atom. The number of hydrogen-bond donors (Lipinski definition) is 1. The van der Waals surface area contributed by atoms with Gasteiger partial charge in [-0.3, -0.25) is 9.59 Å². The van der Waals surface area contributed by atoms with Gasteiger partial charge >= 0.3 is 0 Å². The molecule has 2 atom stereocenters. The lowest BCUT2D eigenvalue weighted by Crippen LogP contribution is -2.43. The van der Waals surface area contributed by atoms with Crippen molar-refractivity contribution in [3.05, 3.63) is 64.1 Å². The highest BCUT2D eigenvalue weighted by Crippen LogP contribution is 2.27. The Morgan fingerprint density at radius 3 is 2.67 bits per heavy atom. The summed E-state index contributed by atoms with van der Waals surface area (Å²) in [6.07, 6.45) is 5.45. The van der Waals surface area contributed by atoms with Gasteiger partial charge in [-0.15, -0.1) is 0 Å². The predicted octanol–water partition coefficient (Wildman–Crippen LogP) is 2.31. The Balaban J connectivity index is 1.70. The molecule has 0 saturated heterocycles. The summed E-state index contributed by atoms with van der Waals surface area (Å²) >= 11 is 0. The lowest BCUT2D eigenvalue weighted by atomic mass is 9.80. The summed E-state index contributed by atoms with van der Waals surface area (Å²) in [5.41, 5.74) is 1.39. The van der Waals surface area contributed by atoms with Crippen molar-refractivity contribution in [3.63, 3.8) is 0 Å². The molecule has 5 nitrogen and oxygen atoms in total. The number of carbonyl (C=O) groups excluding carboxylic acids is 1. The van der Waals surface area contributed by atoms with Crippen LogP contribution in [0.15, 0.2) is 47.3 Å². The van der Waals surface area contributed by atoms with Crippen LogP contribution in [-0.2, 0) is 13.5 Å². The predicted molar refractivity (Wildman–Crippen MR) is 92.8 cm³/mol. The zero-order valence-corrected chi connectivity index (χ0v) is 13.9. The number of nitrogens with zero attached hydrogens (tertiary/aromatic N) is 2. The smallest absolute Gasteiger partial charge is 0.271 e. The van der Waals surface area contributed by atoms with E-state index in [4.69, 9.17) is 0 Å². The van der Waals surface area contributed by atoms with Gasteiger partial charge in [0.2, 0.25) is 0 Å². The Hall–Kier alpha value is -2.43. The van der Waals surface area contributed by atoms with Crippen LogP contribution in [0.4, 0.5) is 0 Å². The van der Waals surface area contributed by atoms with Crippen molar-refractivity contribution < 1.29 is 4.79 Å². The van der Waals surface area contributed by atoms with Gasteiger partial charge in [-0.05, 0) is 36.8 Å². The summed E-state index contributed by atoms with van der Waals surface area (Å²) in [6.45, 7) is 0. The molecular formula is C19H23N3O2. The number of aromatic nitrogens is 2. The molecule has 0 radical (unpaired) electrons. The fourth-order valence-corrected chi connectivity index (χ4v) is 3.42. The maximum atomic E-state index is 12.5. The van der Waals surface area contributed by atoms with E-state index in [1.54, 1.807) is 7.05 Å². The van der Waals surface area contributed by atoms with E-state index < -0.39 is 0 Å². The first-order valence-electron chi connectivity index (χ1n) is 8.52. The standard InChI is InChI=1S/C19H23N3O2/c1-22-18(23)12-11-17(21-22)19(24)20-16-10-6-5-9-15(16)13-14-7-3-2-4-8-14/h2-4,7-8,11-12,15-16H,5-6,9-10,13H2,1H3,(H,20,24). The summed E-state index contributed by atoms with van der Waals surface area (Å²) in [6, 6.07) is 13.4. The van der Waals surface area contributed by atoms with Crippen molar-refractivity contribution in [2.24, 2.45) is 13.0 Å². The number of aryl methyl sites for hydroxylation is 1. The minimum absolute atomic E-state index is 0.158. The summed E-state index contributed by atoms with van der Waals surface area (Å²) < 4.78 is 1.19. The summed E-state index contributed by atoms with van der Waals surface area (Å²) in [5.74, 6) is 0.244. The van der Waals surface area contributed by atoms with Crippen LogP contribution in [0.2, 0.25) is 0 Å². The van der Waals surface area contributed by atoms with Gasteiger partial charge in [-0.1, -0.05) is 43.2 Å². The first-order valence-corrected chi connectivity index (χ1v) is 8.52. The second-order valence-corrected chi connectivity index (χ2v) is 6.49. The zero-order valence-electron chi connectivity index (χ0n) is 13.9. The first kappa shape index (κ1) is 16.4. The fourth-order valence-electron chi connectivity index (χ4n) is 3.42.